The average molecular weight is 294 g/mol. The number of nitro groups is 1. The Bertz CT molecular complexity index is 613. The summed E-state index contributed by atoms with van der Waals surface area (Å²) in [4.78, 5) is 12.7. The summed E-state index contributed by atoms with van der Waals surface area (Å²) in [5.41, 5.74) is 4.61. The smallest absolute Gasteiger partial charge is 0.296 e. The number of non-ortho nitro benzene ring substituents is 1. The van der Waals surface area contributed by atoms with Crippen LogP contribution in [0, 0.1) is 10.1 Å². The van der Waals surface area contributed by atoms with E-state index >= 15 is 0 Å². The van der Waals surface area contributed by atoms with Gasteiger partial charge in [-0.05, 0) is 6.07 Å². The van der Waals surface area contributed by atoms with Gasteiger partial charge in [-0.1, -0.05) is 0 Å². The zero-order valence-electron chi connectivity index (χ0n) is 8.78. The quantitative estimate of drug-likeness (QED) is 0.213. The predicted octanol–water partition coefficient (Wildman–Crippen LogP) is 1.07. The summed E-state index contributed by atoms with van der Waals surface area (Å²) < 4.78 is 31.1. The SMILES string of the molecule is NC(CCl)=Nc1ccc([N+](=O)[O-])cc1S(=O)(=O)O. The van der Waals surface area contributed by atoms with Gasteiger partial charge < -0.3 is 5.73 Å². The van der Waals surface area contributed by atoms with Crippen molar-refractivity contribution >= 4 is 38.9 Å². The normalized spacial score (nSPS) is 12.4. The molecular formula is C8H8ClN3O5S. The number of hydrogen-bond donors (Lipinski definition) is 2. The van der Waals surface area contributed by atoms with Gasteiger partial charge in [-0.15, -0.1) is 11.6 Å². The lowest BCUT2D eigenvalue weighted by Crippen LogP contribution is -2.12. The van der Waals surface area contributed by atoms with Crippen molar-refractivity contribution in [3.05, 3.63) is 28.3 Å². The first-order chi connectivity index (χ1) is 8.25. The van der Waals surface area contributed by atoms with E-state index < -0.39 is 25.6 Å². The minimum Gasteiger partial charge on any atom is -0.386 e. The third-order valence-corrected chi connectivity index (χ3v) is 2.99. The number of nitro benzene ring substituents is 1. The molecule has 0 spiro atoms. The number of alkyl halides is 1. The van der Waals surface area contributed by atoms with Crippen LogP contribution in [0.5, 0.6) is 0 Å². The van der Waals surface area contributed by atoms with Crippen molar-refractivity contribution in [1.82, 2.24) is 0 Å². The van der Waals surface area contributed by atoms with Gasteiger partial charge in [-0.3, -0.25) is 14.7 Å². The lowest BCUT2D eigenvalue weighted by Gasteiger charge is -2.03. The van der Waals surface area contributed by atoms with E-state index in [-0.39, 0.29) is 17.4 Å². The summed E-state index contributed by atoms with van der Waals surface area (Å²) >= 11 is 5.37. The highest BCUT2D eigenvalue weighted by molar-refractivity contribution is 7.86. The van der Waals surface area contributed by atoms with Crippen LogP contribution in [-0.2, 0) is 10.1 Å². The molecule has 0 unspecified atom stereocenters. The van der Waals surface area contributed by atoms with E-state index in [1.165, 1.54) is 0 Å². The summed E-state index contributed by atoms with van der Waals surface area (Å²) in [6.07, 6.45) is 0. The second-order valence-electron chi connectivity index (χ2n) is 3.12. The molecule has 0 saturated carbocycles. The second-order valence-corrected chi connectivity index (χ2v) is 4.78. The predicted molar refractivity (Wildman–Crippen MR) is 64.9 cm³/mol. The van der Waals surface area contributed by atoms with Crippen LogP contribution in [0.1, 0.15) is 0 Å². The monoisotopic (exact) mass is 293 g/mol. The fourth-order valence-corrected chi connectivity index (χ4v) is 1.81. The topological polar surface area (TPSA) is 136 Å². The van der Waals surface area contributed by atoms with Gasteiger partial charge in [-0.2, -0.15) is 8.42 Å². The van der Waals surface area contributed by atoms with Gasteiger partial charge in [0.25, 0.3) is 15.8 Å². The van der Waals surface area contributed by atoms with Crippen molar-refractivity contribution in [2.75, 3.05) is 5.88 Å². The van der Waals surface area contributed by atoms with Crippen LogP contribution in [0.3, 0.4) is 0 Å². The highest BCUT2D eigenvalue weighted by Crippen LogP contribution is 2.28. The first kappa shape index (κ1) is 14.4. The highest BCUT2D eigenvalue weighted by atomic mass is 35.5. The molecule has 0 atom stereocenters. The van der Waals surface area contributed by atoms with E-state index in [0.29, 0.717) is 6.07 Å². The lowest BCUT2D eigenvalue weighted by molar-refractivity contribution is -0.385. The van der Waals surface area contributed by atoms with Crippen LogP contribution in [0.25, 0.3) is 0 Å². The van der Waals surface area contributed by atoms with Crippen LogP contribution in [0.15, 0.2) is 28.1 Å². The molecule has 0 saturated heterocycles. The molecular weight excluding hydrogens is 286 g/mol. The Morgan fingerprint density at radius 3 is 2.61 bits per heavy atom. The van der Waals surface area contributed by atoms with Crippen LogP contribution in [0.2, 0.25) is 0 Å². The zero-order chi connectivity index (χ0) is 13.9. The summed E-state index contributed by atoms with van der Waals surface area (Å²) in [6, 6.07) is 2.78. The van der Waals surface area contributed by atoms with Crippen LogP contribution in [0.4, 0.5) is 11.4 Å². The molecule has 0 fully saturated rings. The third-order valence-electron chi connectivity index (χ3n) is 1.83. The molecule has 3 N–H and O–H groups in total. The highest BCUT2D eigenvalue weighted by Gasteiger charge is 2.20. The van der Waals surface area contributed by atoms with Gasteiger partial charge in [-0.25, -0.2) is 4.99 Å². The van der Waals surface area contributed by atoms with Gasteiger partial charge in [0.1, 0.15) is 10.7 Å². The molecule has 0 radical (unpaired) electrons. The van der Waals surface area contributed by atoms with Gasteiger partial charge in [0.2, 0.25) is 0 Å². The Morgan fingerprint density at radius 2 is 2.17 bits per heavy atom. The van der Waals surface area contributed by atoms with E-state index in [4.69, 9.17) is 21.9 Å². The number of benzene rings is 1. The fourth-order valence-electron chi connectivity index (χ4n) is 1.10. The number of hydrogen-bond acceptors (Lipinski definition) is 5. The molecule has 0 aliphatic heterocycles. The van der Waals surface area contributed by atoms with Gasteiger partial charge >= 0.3 is 0 Å². The van der Waals surface area contributed by atoms with Crippen molar-refractivity contribution in [3.8, 4) is 0 Å². The molecule has 0 aliphatic carbocycles. The van der Waals surface area contributed by atoms with E-state index in [0.717, 1.165) is 12.1 Å². The number of aliphatic imine (C=N–C) groups is 1. The maximum atomic E-state index is 11.1. The van der Waals surface area contributed by atoms with Crippen molar-refractivity contribution < 1.29 is 17.9 Å². The zero-order valence-corrected chi connectivity index (χ0v) is 10.3. The summed E-state index contributed by atoms with van der Waals surface area (Å²) in [6.45, 7) is 0. The number of halogens is 1. The molecule has 0 aliphatic rings. The average Bonchev–Trinajstić information content (AvgIpc) is 2.27. The van der Waals surface area contributed by atoms with Crippen molar-refractivity contribution in [2.45, 2.75) is 4.90 Å². The molecule has 10 heteroatoms. The second kappa shape index (κ2) is 5.29. The Balaban J connectivity index is 3.50. The molecule has 1 rings (SSSR count). The number of nitrogens with two attached hydrogens (primary N) is 1. The summed E-state index contributed by atoms with van der Waals surface area (Å²) in [5.74, 6) is -0.238. The number of nitrogens with zero attached hydrogens (tertiary/aromatic N) is 2. The Hall–Kier alpha value is -1.71. The molecule has 8 nitrogen and oxygen atoms in total. The fraction of sp³-hybridized carbons (Fsp3) is 0.125. The maximum absolute atomic E-state index is 11.1. The Morgan fingerprint density at radius 1 is 1.56 bits per heavy atom. The molecule has 1 aromatic carbocycles. The van der Waals surface area contributed by atoms with E-state index in [1.807, 2.05) is 0 Å². The van der Waals surface area contributed by atoms with E-state index in [9.17, 15) is 18.5 Å². The molecule has 1 aromatic rings. The van der Waals surface area contributed by atoms with E-state index in [1.54, 1.807) is 0 Å². The minimum atomic E-state index is -4.65. The van der Waals surface area contributed by atoms with Crippen molar-refractivity contribution in [3.63, 3.8) is 0 Å². The molecule has 0 bridgehead atoms. The Kier molecular flexibility index (Phi) is 4.22. The summed E-state index contributed by atoms with van der Waals surface area (Å²) in [5, 5.41) is 10.5. The van der Waals surface area contributed by atoms with Crippen LogP contribution >= 0.6 is 11.6 Å². The molecule has 0 aromatic heterocycles. The molecule has 0 amide bonds. The summed E-state index contributed by atoms with van der Waals surface area (Å²) in [7, 11) is -4.65. The maximum Gasteiger partial charge on any atom is 0.296 e. The van der Waals surface area contributed by atoms with Gasteiger partial charge in [0, 0.05) is 12.1 Å². The number of amidine groups is 1. The molecule has 18 heavy (non-hydrogen) atoms. The molecule has 0 heterocycles. The number of rotatable bonds is 4. The lowest BCUT2D eigenvalue weighted by atomic mass is 10.3. The van der Waals surface area contributed by atoms with E-state index in [2.05, 4.69) is 4.99 Å². The first-order valence-corrected chi connectivity index (χ1v) is 6.38. The van der Waals surface area contributed by atoms with Crippen LogP contribution in [-0.4, -0.2) is 29.6 Å². The van der Waals surface area contributed by atoms with Crippen LogP contribution < -0.4 is 5.73 Å². The van der Waals surface area contributed by atoms with Gasteiger partial charge in [0.05, 0.1) is 16.5 Å². The first-order valence-electron chi connectivity index (χ1n) is 4.40. The Labute approximate surface area is 107 Å². The van der Waals surface area contributed by atoms with Crippen molar-refractivity contribution in [2.24, 2.45) is 10.7 Å². The molecule has 98 valence electrons. The standard InChI is InChI=1S/C8H8ClN3O5S/c9-4-8(10)11-6-2-1-5(12(13)14)3-7(6)18(15,16)17/h1-3H,4H2,(H2,10,11)(H,15,16,17). The van der Waals surface area contributed by atoms with Crippen molar-refractivity contribution in [1.29, 1.82) is 0 Å². The third kappa shape index (κ3) is 3.39. The minimum absolute atomic E-state index is 0.0876. The largest absolute Gasteiger partial charge is 0.386 e. The van der Waals surface area contributed by atoms with Gasteiger partial charge in [0.15, 0.2) is 0 Å².